The number of amides is 1. The quantitative estimate of drug-likeness (QED) is 0.669. The Morgan fingerprint density at radius 2 is 2.00 bits per heavy atom. The molecule has 112 valence electrons. The Kier molecular flexibility index (Phi) is 3.60. The van der Waals surface area contributed by atoms with Crippen LogP contribution in [0.15, 0.2) is 48.5 Å². The fraction of sp³-hybridized carbons (Fsp3) is 0.188. The van der Waals surface area contributed by atoms with Crippen molar-refractivity contribution >= 4 is 11.6 Å². The second-order valence-corrected chi connectivity index (χ2v) is 5.23. The number of nitro groups is 1. The van der Waals surface area contributed by atoms with Crippen molar-refractivity contribution in [3.63, 3.8) is 0 Å². The average molecular weight is 298 g/mol. The summed E-state index contributed by atoms with van der Waals surface area (Å²) in [5.41, 5.74) is 1.94. The summed E-state index contributed by atoms with van der Waals surface area (Å²) in [5.74, 6) is -0.440. The van der Waals surface area contributed by atoms with Crippen LogP contribution in [0.25, 0.3) is 0 Å². The van der Waals surface area contributed by atoms with E-state index < -0.39 is 23.0 Å². The van der Waals surface area contributed by atoms with Crippen molar-refractivity contribution in [2.75, 3.05) is 0 Å². The van der Waals surface area contributed by atoms with E-state index in [1.807, 2.05) is 24.3 Å². The largest absolute Gasteiger partial charge is 0.390 e. The topological polar surface area (TPSA) is 92.5 Å². The molecule has 0 radical (unpaired) electrons. The van der Waals surface area contributed by atoms with Crippen molar-refractivity contribution in [3.05, 3.63) is 75.3 Å². The minimum absolute atomic E-state index is 0.139. The Morgan fingerprint density at radius 1 is 1.23 bits per heavy atom. The maximum Gasteiger partial charge on any atom is 0.270 e. The molecule has 3 rings (SSSR count). The summed E-state index contributed by atoms with van der Waals surface area (Å²) in [6.45, 7) is 0. The zero-order valence-electron chi connectivity index (χ0n) is 11.6. The highest BCUT2D eigenvalue weighted by Gasteiger charge is 2.32. The van der Waals surface area contributed by atoms with Crippen LogP contribution in [0.2, 0.25) is 0 Å². The SMILES string of the molecule is O=C(NC1c2ccccc2CC1O)c1cccc([N+](=O)[O-])c1. The Bertz CT molecular complexity index is 744. The number of hydrogen-bond acceptors (Lipinski definition) is 4. The van der Waals surface area contributed by atoms with Gasteiger partial charge in [0.15, 0.2) is 0 Å². The second kappa shape index (κ2) is 5.57. The maximum atomic E-state index is 12.3. The van der Waals surface area contributed by atoms with Crippen LogP contribution in [-0.4, -0.2) is 22.0 Å². The van der Waals surface area contributed by atoms with Gasteiger partial charge in [0, 0.05) is 24.1 Å². The number of aliphatic hydroxyl groups is 1. The molecule has 2 aromatic carbocycles. The van der Waals surface area contributed by atoms with Gasteiger partial charge in [0.05, 0.1) is 17.1 Å². The van der Waals surface area contributed by atoms with Gasteiger partial charge in [0.1, 0.15) is 0 Å². The van der Waals surface area contributed by atoms with Gasteiger partial charge in [-0.3, -0.25) is 14.9 Å². The molecule has 2 atom stereocenters. The molecule has 0 aromatic heterocycles. The molecule has 2 N–H and O–H groups in total. The summed E-state index contributed by atoms with van der Waals surface area (Å²) in [7, 11) is 0. The number of aliphatic hydroxyl groups excluding tert-OH is 1. The molecule has 0 saturated carbocycles. The first-order chi connectivity index (χ1) is 10.6. The maximum absolute atomic E-state index is 12.3. The lowest BCUT2D eigenvalue weighted by atomic mass is 10.1. The normalized spacial score (nSPS) is 19.5. The predicted molar refractivity (Wildman–Crippen MR) is 79.5 cm³/mol. The zero-order chi connectivity index (χ0) is 15.7. The van der Waals surface area contributed by atoms with E-state index in [2.05, 4.69) is 5.32 Å². The van der Waals surface area contributed by atoms with Crippen LogP contribution < -0.4 is 5.32 Å². The lowest BCUT2D eigenvalue weighted by Crippen LogP contribution is -2.33. The molecule has 1 aliphatic carbocycles. The predicted octanol–water partition coefficient (Wildman–Crippen LogP) is 1.98. The minimum Gasteiger partial charge on any atom is -0.390 e. The Balaban J connectivity index is 1.83. The first kappa shape index (κ1) is 14.2. The van der Waals surface area contributed by atoms with E-state index >= 15 is 0 Å². The lowest BCUT2D eigenvalue weighted by molar-refractivity contribution is -0.384. The lowest BCUT2D eigenvalue weighted by Gasteiger charge is -2.18. The van der Waals surface area contributed by atoms with Gasteiger partial charge in [-0.05, 0) is 17.2 Å². The van der Waals surface area contributed by atoms with Crippen LogP contribution in [-0.2, 0) is 6.42 Å². The van der Waals surface area contributed by atoms with Crippen molar-refractivity contribution in [1.82, 2.24) is 5.32 Å². The molecule has 0 fully saturated rings. The summed E-state index contributed by atoms with van der Waals surface area (Å²) < 4.78 is 0. The summed E-state index contributed by atoms with van der Waals surface area (Å²) in [4.78, 5) is 22.5. The summed E-state index contributed by atoms with van der Waals surface area (Å²) in [5, 5.41) is 23.7. The first-order valence-electron chi connectivity index (χ1n) is 6.87. The van der Waals surface area contributed by atoms with E-state index in [1.54, 1.807) is 0 Å². The highest BCUT2D eigenvalue weighted by molar-refractivity contribution is 5.95. The molecule has 1 aliphatic rings. The number of non-ortho nitro benzene ring substituents is 1. The van der Waals surface area contributed by atoms with Crippen molar-refractivity contribution in [1.29, 1.82) is 0 Å². The third kappa shape index (κ3) is 2.56. The van der Waals surface area contributed by atoms with Crippen molar-refractivity contribution in [3.8, 4) is 0 Å². The van der Waals surface area contributed by atoms with Gasteiger partial charge in [0.2, 0.25) is 0 Å². The number of rotatable bonds is 3. The standard InChI is InChI=1S/C16H14N2O4/c19-14-9-10-4-1-2-7-13(10)15(14)17-16(20)11-5-3-6-12(8-11)18(21)22/h1-8,14-15,19H,9H2,(H,17,20). The average Bonchev–Trinajstić information content (AvgIpc) is 2.83. The molecule has 0 bridgehead atoms. The first-order valence-corrected chi connectivity index (χ1v) is 6.87. The van der Waals surface area contributed by atoms with Gasteiger partial charge in [0.25, 0.3) is 11.6 Å². The number of hydrogen-bond donors (Lipinski definition) is 2. The summed E-state index contributed by atoms with van der Waals surface area (Å²) in [6, 6.07) is 12.5. The third-order valence-corrected chi connectivity index (χ3v) is 3.81. The molecule has 22 heavy (non-hydrogen) atoms. The number of benzene rings is 2. The van der Waals surface area contributed by atoms with E-state index in [9.17, 15) is 20.0 Å². The molecule has 6 nitrogen and oxygen atoms in total. The van der Waals surface area contributed by atoms with Gasteiger partial charge in [-0.15, -0.1) is 0 Å². The van der Waals surface area contributed by atoms with Crippen LogP contribution >= 0.6 is 0 Å². The fourth-order valence-corrected chi connectivity index (χ4v) is 2.73. The smallest absolute Gasteiger partial charge is 0.270 e. The molecule has 0 spiro atoms. The summed E-state index contributed by atoms with van der Waals surface area (Å²) in [6.07, 6.45) is -0.212. The summed E-state index contributed by atoms with van der Waals surface area (Å²) >= 11 is 0. The van der Waals surface area contributed by atoms with Gasteiger partial charge >= 0.3 is 0 Å². The molecule has 0 saturated heterocycles. The van der Waals surface area contributed by atoms with Crippen molar-refractivity contribution in [2.24, 2.45) is 0 Å². The molecule has 1 amide bonds. The van der Waals surface area contributed by atoms with Crippen molar-refractivity contribution in [2.45, 2.75) is 18.6 Å². The van der Waals surface area contributed by atoms with Gasteiger partial charge < -0.3 is 10.4 Å². The fourth-order valence-electron chi connectivity index (χ4n) is 2.73. The van der Waals surface area contributed by atoms with Crippen LogP contribution in [0.4, 0.5) is 5.69 Å². The number of nitrogens with one attached hydrogen (secondary N) is 1. The molecular weight excluding hydrogens is 284 g/mol. The van der Waals surface area contributed by atoms with E-state index in [4.69, 9.17) is 0 Å². The van der Waals surface area contributed by atoms with Crippen molar-refractivity contribution < 1.29 is 14.8 Å². The molecular formula is C16H14N2O4. The second-order valence-electron chi connectivity index (χ2n) is 5.23. The van der Waals surface area contributed by atoms with E-state index in [0.717, 1.165) is 11.1 Å². The Labute approximate surface area is 126 Å². The Hall–Kier alpha value is -2.73. The van der Waals surface area contributed by atoms with Gasteiger partial charge in [-0.2, -0.15) is 0 Å². The van der Waals surface area contributed by atoms with Crippen LogP contribution in [0, 0.1) is 10.1 Å². The number of carbonyl (C=O) groups excluding carboxylic acids is 1. The number of nitro benzene ring substituents is 1. The van der Waals surface area contributed by atoms with E-state index in [-0.39, 0.29) is 11.3 Å². The number of carbonyl (C=O) groups is 1. The van der Waals surface area contributed by atoms with E-state index in [0.29, 0.717) is 6.42 Å². The van der Waals surface area contributed by atoms with Gasteiger partial charge in [-0.25, -0.2) is 0 Å². The molecule has 6 heteroatoms. The highest BCUT2D eigenvalue weighted by atomic mass is 16.6. The molecule has 0 heterocycles. The van der Waals surface area contributed by atoms with Crippen LogP contribution in [0.3, 0.4) is 0 Å². The minimum atomic E-state index is -0.694. The van der Waals surface area contributed by atoms with Crippen LogP contribution in [0.5, 0.6) is 0 Å². The number of fused-ring (bicyclic) bond motifs is 1. The molecule has 2 aromatic rings. The third-order valence-electron chi connectivity index (χ3n) is 3.81. The number of nitrogens with zero attached hydrogens (tertiary/aromatic N) is 1. The highest BCUT2D eigenvalue weighted by Crippen LogP contribution is 2.31. The monoisotopic (exact) mass is 298 g/mol. The molecule has 0 aliphatic heterocycles. The Morgan fingerprint density at radius 3 is 2.77 bits per heavy atom. The van der Waals surface area contributed by atoms with Crippen LogP contribution in [0.1, 0.15) is 27.5 Å². The van der Waals surface area contributed by atoms with E-state index in [1.165, 1.54) is 24.3 Å². The van der Waals surface area contributed by atoms with Gasteiger partial charge in [-0.1, -0.05) is 30.3 Å². The zero-order valence-corrected chi connectivity index (χ0v) is 11.6. The molecule has 2 unspecified atom stereocenters.